The van der Waals surface area contributed by atoms with Crippen molar-refractivity contribution in [2.45, 2.75) is 89.5 Å². The van der Waals surface area contributed by atoms with Crippen LogP contribution in [0.2, 0.25) is 0 Å². The van der Waals surface area contributed by atoms with E-state index in [9.17, 15) is 18.0 Å². The van der Waals surface area contributed by atoms with Crippen LogP contribution in [0.3, 0.4) is 0 Å². The van der Waals surface area contributed by atoms with Gasteiger partial charge in [-0.15, -0.1) is 0 Å². The average Bonchev–Trinajstić information content (AvgIpc) is 3.11. The fourth-order valence-electron chi connectivity index (χ4n) is 4.79. The molecule has 1 aliphatic carbocycles. The van der Waals surface area contributed by atoms with Crippen LogP contribution in [0.4, 0.5) is 13.2 Å². The molecule has 2 fully saturated rings. The maximum Gasteiger partial charge on any atom is 0.252 e. The highest BCUT2D eigenvalue weighted by atomic mass is 19.1. The molecule has 1 heterocycles. The molecule has 4 rings (SSSR count). The van der Waals surface area contributed by atoms with Gasteiger partial charge in [-0.1, -0.05) is 24.3 Å². The van der Waals surface area contributed by atoms with Gasteiger partial charge in [0.15, 0.2) is 11.4 Å². The highest BCUT2D eigenvalue weighted by Gasteiger charge is 2.58. The van der Waals surface area contributed by atoms with Crippen LogP contribution in [0.1, 0.15) is 51.7 Å². The summed E-state index contributed by atoms with van der Waals surface area (Å²) in [5.74, 6) is -3.27. The molecular formula is C27H32F3NO5. The number of fused-ring (bicyclic) bond motifs is 1. The van der Waals surface area contributed by atoms with Crippen LogP contribution in [0.25, 0.3) is 0 Å². The SMILES string of the molecule is CC(C)NC(=O)[C@@]1(OCc2ccccc2F)C[C@@H](OCc2c(F)cccc2F)[C@@H]2OC(C)(C)O[C@@H]2C1. The monoisotopic (exact) mass is 507 g/mol. The lowest BCUT2D eigenvalue weighted by molar-refractivity contribution is -0.184. The first-order chi connectivity index (χ1) is 17.0. The third-order valence-electron chi connectivity index (χ3n) is 6.45. The van der Waals surface area contributed by atoms with Crippen LogP contribution < -0.4 is 5.32 Å². The van der Waals surface area contributed by atoms with Crippen LogP contribution in [0.15, 0.2) is 42.5 Å². The van der Waals surface area contributed by atoms with E-state index in [2.05, 4.69) is 5.32 Å². The number of benzene rings is 2. The summed E-state index contributed by atoms with van der Waals surface area (Å²) >= 11 is 0. The zero-order valence-electron chi connectivity index (χ0n) is 20.9. The molecule has 2 aromatic carbocycles. The zero-order chi connectivity index (χ0) is 26.1. The number of carbonyl (C=O) groups excluding carboxylic acids is 1. The fourth-order valence-corrected chi connectivity index (χ4v) is 4.79. The normalized spacial score (nSPS) is 27.2. The number of nitrogens with one attached hydrogen (secondary N) is 1. The minimum atomic E-state index is -1.45. The van der Waals surface area contributed by atoms with Crippen molar-refractivity contribution in [1.29, 1.82) is 0 Å². The summed E-state index contributed by atoms with van der Waals surface area (Å²) in [6, 6.07) is 9.56. The van der Waals surface area contributed by atoms with Gasteiger partial charge in [-0.2, -0.15) is 0 Å². The Morgan fingerprint density at radius 2 is 1.67 bits per heavy atom. The third-order valence-corrected chi connectivity index (χ3v) is 6.45. The maximum absolute atomic E-state index is 14.3. The lowest BCUT2D eigenvalue weighted by Gasteiger charge is -2.43. The fraction of sp³-hybridized carbons (Fsp3) is 0.519. The van der Waals surface area contributed by atoms with E-state index in [0.717, 1.165) is 12.1 Å². The summed E-state index contributed by atoms with van der Waals surface area (Å²) in [4.78, 5) is 13.5. The van der Waals surface area contributed by atoms with E-state index in [0.29, 0.717) is 5.56 Å². The number of hydrogen-bond donors (Lipinski definition) is 1. The average molecular weight is 508 g/mol. The molecule has 2 aromatic rings. The maximum atomic E-state index is 14.3. The molecule has 6 nitrogen and oxygen atoms in total. The molecular weight excluding hydrogens is 475 g/mol. The van der Waals surface area contributed by atoms with E-state index in [-0.39, 0.29) is 37.7 Å². The van der Waals surface area contributed by atoms with Crippen molar-refractivity contribution in [1.82, 2.24) is 5.32 Å². The number of carbonyl (C=O) groups is 1. The Labute approximate surface area is 209 Å². The number of amides is 1. The van der Waals surface area contributed by atoms with Gasteiger partial charge in [0.05, 0.1) is 25.4 Å². The molecule has 1 amide bonds. The van der Waals surface area contributed by atoms with Crippen molar-refractivity contribution in [3.63, 3.8) is 0 Å². The minimum absolute atomic E-state index is 0.0245. The van der Waals surface area contributed by atoms with E-state index in [4.69, 9.17) is 18.9 Å². The van der Waals surface area contributed by atoms with Gasteiger partial charge in [-0.25, -0.2) is 13.2 Å². The minimum Gasteiger partial charge on any atom is -0.370 e. The Morgan fingerprint density at radius 1 is 1.00 bits per heavy atom. The molecule has 4 atom stereocenters. The molecule has 1 N–H and O–H groups in total. The van der Waals surface area contributed by atoms with Gasteiger partial charge in [-0.3, -0.25) is 4.79 Å². The first-order valence-electron chi connectivity index (χ1n) is 12.1. The Kier molecular flexibility index (Phi) is 7.75. The number of ether oxygens (including phenoxy) is 4. The Morgan fingerprint density at radius 3 is 2.33 bits per heavy atom. The molecule has 36 heavy (non-hydrogen) atoms. The Hall–Kier alpha value is -2.46. The van der Waals surface area contributed by atoms with Gasteiger partial charge in [0, 0.05) is 30.0 Å². The lowest BCUT2D eigenvalue weighted by Crippen LogP contribution is -2.60. The number of rotatable bonds is 8. The van der Waals surface area contributed by atoms with E-state index in [1.165, 1.54) is 12.1 Å². The molecule has 196 valence electrons. The van der Waals surface area contributed by atoms with Gasteiger partial charge in [0.2, 0.25) is 0 Å². The molecule has 0 spiro atoms. The smallest absolute Gasteiger partial charge is 0.252 e. The van der Waals surface area contributed by atoms with Crippen molar-refractivity contribution < 1.29 is 36.9 Å². The molecule has 0 unspecified atom stereocenters. The molecule has 1 saturated heterocycles. The van der Waals surface area contributed by atoms with E-state index < -0.39 is 53.1 Å². The first-order valence-corrected chi connectivity index (χ1v) is 12.1. The van der Waals surface area contributed by atoms with Gasteiger partial charge in [0.25, 0.3) is 5.91 Å². The van der Waals surface area contributed by atoms with Gasteiger partial charge in [-0.05, 0) is 45.9 Å². The van der Waals surface area contributed by atoms with Crippen LogP contribution in [0, 0.1) is 17.5 Å². The van der Waals surface area contributed by atoms with Crippen molar-refractivity contribution in [2.75, 3.05) is 0 Å². The predicted molar refractivity (Wildman–Crippen MR) is 125 cm³/mol. The first kappa shape index (κ1) is 26.6. The second-order valence-corrected chi connectivity index (χ2v) is 10.1. The zero-order valence-corrected chi connectivity index (χ0v) is 20.9. The van der Waals surface area contributed by atoms with Crippen LogP contribution in [-0.4, -0.2) is 41.6 Å². The van der Waals surface area contributed by atoms with Gasteiger partial charge in [0.1, 0.15) is 23.6 Å². The van der Waals surface area contributed by atoms with Crippen molar-refractivity contribution in [2.24, 2.45) is 0 Å². The van der Waals surface area contributed by atoms with E-state index >= 15 is 0 Å². The summed E-state index contributed by atoms with van der Waals surface area (Å²) in [5.41, 5.74) is -1.37. The molecule has 0 radical (unpaired) electrons. The van der Waals surface area contributed by atoms with E-state index in [1.807, 2.05) is 13.8 Å². The largest absolute Gasteiger partial charge is 0.370 e. The summed E-state index contributed by atoms with van der Waals surface area (Å²) in [6.07, 6.45) is -1.81. The molecule has 9 heteroatoms. The third kappa shape index (κ3) is 5.75. The summed E-state index contributed by atoms with van der Waals surface area (Å²) < 4.78 is 67.2. The molecule has 1 aliphatic heterocycles. The molecule has 0 aromatic heterocycles. The Balaban J connectivity index is 1.64. The summed E-state index contributed by atoms with van der Waals surface area (Å²) in [6.45, 7) is 6.60. The predicted octanol–water partition coefficient (Wildman–Crippen LogP) is 4.78. The van der Waals surface area contributed by atoms with Crippen LogP contribution >= 0.6 is 0 Å². The highest BCUT2D eigenvalue weighted by molar-refractivity contribution is 5.85. The lowest BCUT2D eigenvalue weighted by atomic mass is 9.78. The quantitative estimate of drug-likeness (QED) is 0.557. The summed E-state index contributed by atoms with van der Waals surface area (Å²) in [5, 5.41) is 2.89. The summed E-state index contributed by atoms with van der Waals surface area (Å²) in [7, 11) is 0. The van der Waals surface area contributed by atoms with Crippen molar-refractivity contribution in [3.05, 3.63) is 71.0 Å². The molecule has 2 aliphatic rings. The molecule has 0 bridgehead atoms. The van der Waals surface area contributed by atoms with Crippen LogP contribution in [0.5, 0.6) is 0 Å². The topological polar surface area (TPSA) is 66.0 Å². The standard InChI is InChI=1S/C27H32F3NO5/c1-16(2)31-25(32)27(34-14-17-8-5-6-9-19(17)28)12-22(24-23(13-27)35-26(3,4)36-24)33-15-18-20(29)10-7-11-21(18)30/h5-11,16,22-24H,12-15H2,1-4H3,(H,31,32)/t22-,23-,24+,27-/m1/s1. The second-order valence-electron chi connectivity index (χ2n) is 10.1. The number of hydrogen-bond acceptors (Lipinski definition) is 5. The van der Waals surface area contributed by atoms with Gasteiger partial charge >= 0.3 is 0 Å². The van der Waals surface area contributed by atoms with Gasteiger partial charge < -0.3 is 24.3 Å². The second kappa shape index (κ2) is 10.5. The van der Waals surface area contributed by atoms with Crippen molar-refractivity contribution >= 4 is 5.91 Å². The number of halogens is 3. The highest BCUT2D eigenvalue weighted by Crippen LogP contribution is 2.44. The van der Waals surface area contributed by atoms with Crippen molar-refractivity contribution in [3.8, 4) is 0 Å². The Bertz CT molecular complexity index is 1070. The van der Waals surface area contributed by atoms with E-state index in [1.54, 1.807) is 32.0 Å². The molecule has 1 saturated carbocycles. The van der Waals surface area contributed by atoms with Crippen LogP contribution in [-0.2, 0) is 37.0 Å².